The highest BCUT2D eigenvalue weighted by atomic mass is 32.2. The Morgan fingerprint density at radius 3 is 2.70 bits per heavy atom. The van der Waals surface area contributed by atoms with Gasteiger partial charge in [-0.1, -0.05) is 0 Å². The number of carbonyl (C=O) groups is 1. The third-order valence-corrected chi connectivity index (χ3v) is 6.10. The topological polar surface area (TPSA) is 50.4 Å². The van der Waals surface area contributed by atoms with Gasteiger partial charge in [-0.3, -0.25) is 4.79 Å². The second-order valence-electron chi connectivity index (χ2n) is 6.01. The molecule has 2 aliphatic heterocycles. The monoisotopic (exact) mass is 300 g/mol. The van der Waals surface area contributed by atoms with Gasteiger partial charge in [-0.25, -0.2) is 0 Å². The summed E-state index contributed by atoms with van der Waals surface area (Å²) in [6.45, 7) is 4.67. The molecule has 0 unspecified atom stereocenters. The fourth-order valence-electron chi connectivity index (χ4n) is 3.05. The van der Waals surface area contributed by atoms with Gasteiger partial charge in [-0.05, 0) is 57.4 Å². The Bertz CT molecular complexity index is 300. The Kier molecular flexibility index (Phi) is 6.65. The van der Waals surface area contributed by atoms with E-state index in [1.165, 1.54) is 12.8 Å². The van der Waals surface area contributed by atoms with Gasteiger partial charge in [-0.2, -0.15) is 11.8 Å². The molecule has 5 heteroatoms. The molecule has 0 aromatic rings. The molecule has 2 saturated heterocycles. The van der Waals surface area contributed by atoms with Crippen molar-refractivity contribution in [2.45, 2.75) is 43.3 Å². The van der Waals surface area contributed by atoms with Crippen molar-refractivity contribution in [3.8, 4) is 0 Å². The number of carbonyl (C=O) groups excluding carboxylic acids is 1. The number of hydrogen-bond acceptors (Lipinski definition) is 4. The normalized spacial score (nSPS) is 23.4. The molecule has 0 spiro atoms. The average molecular weight is 300 g/mol. The van der Waals surface area contributed by atoms with Crippen molar-refractivity contribution in [1.29, 1.82) is 0 Å². The van der Waals surface area contributed by atoms with E-state index in [-0.39, 0.29) is 10.7 Å². The van der Waals surface area contributed by atoms with Crippen LogP contribution in [0.2, 0.25) is 0 Å². The van der Waals surface area contributed by atoms with Crippen LogP contribution in [0.25, 0.3) is 0 Å². The number of piperidine rings is 1. The first-order valence-corrected chi connectivity index (χ1v) is 9.07. The Labute approximate surface area is 126 Å². The maximum absolute atomic E-state index is 12.0. The number of ether oxygens (including phenoxy) is 1. The highest BCUT2D eigenvalue weighted by Crippen LogP contribution is 2.33. The van der Waals surface area contributed by atoms with Crippen molar-refractivity contribution in [2.24, 2.45) is 5.92 Å². The van der Waals surface area contributed by atoms with Crippen molar-refractivity contribution in [3.05, 3.63) is 0 Å². The van der Waals surface area contributed by atoms with Crippen molar-refractivity contribution in [3.63, 3.8) is 0 Å². The van der Waals surface area contributed by atoms with Crippen LogP contribution >= 0.6 is 11.8 Å². The minimum Gasteiger partial charge on any atom is -0.381 e. The molecule has 0 saturated carbocycles. The summed E-state index contributed by atoms with van der Waals surface area (Å²) in [6, 6.07) is 0. The third-order valence-electron chi connectivity index (χ3n) is 4.68. The fourth-order valence-corrected chi connectivity index (χ4v) is 3.84. The summed E-state index contributed by atoms with van der Waals surface area (Å²) in [5.41, 5.74) is 0. The highest BCUT2D eigenvalue weighted by Gasteiger charge is 2.32. The van der Waals surface area contributed by atoms with Gasteiger partial charge in [-0.15, -0.1) is 0 Å². The van der Waals surface area contributed by atoms with Gasteiger partial charge in [0.2, 0.25) is 5.91 Å². The van der Waals surface area contributed by atoms with Crippen LogP contribution in [-0.4, -0.2) is 49.8 Å². The van der Waals surface area contributed by atoms with Gasteiger partial charge in [0.15, 0.2) is 0 Å². The summed E-state index contributed by atoms with van der Waals surface area (Å²) in [4.78, 5) is 12.0. The van der Waals surface area contributed by atoms with Crippen molar-refractivity contribution < 1.29 is 9.53 Å². The molecular formula is C15H28N2O2S. The molecule has 0 aliphatic carbocycles. The maximum Gasteiger partial charge on any atom is 0.220 e. The zero-order valence-corrected chi connectivity index (χ0v) is 13.4. The molecular weight excluding hydrogens is 272 g/mol. The predicted molar refractivity (Wildman–Crippen MR) is 84.1 cm³/mol. The first kappa shape index (κ1) is 16.1. The van der Waals surface area contributed by atoms with Gasteiger partial charge in [0.05, 0.1) is 0 Å². The van der Waals surface area contributed by atoms with Crippen LogP contribution < -0.4 is 10.6 Å². The number of amides is 1. The summed E-state index contributed by atoms with van der Waals surface area (Å²) < 4.78 is 5.63. The van der Waals surface area contributed by atoms with E-state index in [0.717, 1.165) is 58.0 Å². The molecule has 0 aromatic carbocycles. The molecule has 20 heavy (non-hydrogen) atoms. The predicted octanol–water partition coefficient (Wildman–Crippen LogP) is 1.79. The zero-order chi connectivity index (χ0) is 14.3. The molecule has 2 heterocycles. The van der Waals surface area contributed by atoms with Crippen LogP contribution in [0, 0.1) is 5.92 Å². The van der Waals surface area contributed by atoms with E-state index in [0.29, 0.717) is 6.42 Å². The largest absolute Gasteiger partial charge is 0.381 e. The number of hydrogen-bond donors (Lipinski definition) is 2. The molecule has 0 atom stereocenters. The van der Waals surface area contributed by atoms with E-state index >= 15 is 0 Å². The lowest BCUT2D eigenvalue weighted by molar-refractivity contribution is -0.121. The summed E-state index contributed by atoms with van der Waals surface area (Å²) in [7, 11) is 0. The molecule has 4 nitrogen and oxygen atoms in total. The molecule has 2 fully saturated rings. The summed E-state index contributed by atoms with van der Waals surface area (Å²) in [6.07, 6.45) is 8.41. The van der Waals surface area contributed by atoms with Gasteiger partial charge in [0.1, 0.15) is 0 Å². The quantitative estimate of drug-likeness (QED) is 0.785. The molecule has 2 N–H and O–H groups in total. The van der Waals surface area contributed by atoms with Crippen molar-refractivity contribution in [2.75, 3.05) is 39.1 Å². The highest BCUT2D eigenvalue weighted by molar-refractivity contribution is 8.00. The van der Waals surface area contributed by atoms with Crippen LogP contribution in [0.15, 0.2) is 0 Å². The second kappa shape index (κ2) is 8.25. The van der Waals surface area contributed by atoms with E-state index in [1.54, 1.807) is 0 Å². The Balaban J connectivity index is 1.65. The maximum atomic E-state index is 12.0. The molecule has 2 aliphatic rings. The minimum absolute atomic E-state index is 0.197. The van der Waals surface area contributed by atoms with E-state index in [1.807, 2.05) is 11.8 Å². The van der Waals surface area contributed by atoms with Crippen LogP contribution in [0.5, 0.6) is 0 Å². The SMILES string of the molecule is CSC1(CNC(=O)CCC2CCNCC2)CCOCC1. The zero-order valence-electron chi connectivity index (χ0n) is 12.6. The Morgan fingerprint density at radius 1 is 1.35 bits per heavy atom. The van der Waals surface area contributed by atoms with Gasteiger partial charge in [0.25, 0.3) is 0 Å². The Morgan fingerprint density at radius 2 is 2.05 bits per heavy atom. The second-order valence-corrected chi connectivity index (χ2v) is 7.28. The number of rotatable bonds is 6. The summed E-state index contributed by atoms with van der Waals surface area (Å²) in [5.74, 6) is 0.961. The minimum atomic E-state index is 0.197. The molecule has 0 bridgehead atoms. The lowest BCUT2D eigenvalue weighted by Crippen LogP contribution is -2.44. The lowest BCUT2D eigenvalue weighted by atomic mass is 9.93. The van der Waals surface area contributed by atoms with Gasteiger partial charge in [0, 0.05) is 30.9 Å². The van der Waals surface area contributed by atoms with Crippen LogP contribution in [0.1, 0.15) is 38.5 Å². The van der Waals surface area contributed by atoms with Gasteiger partial charge < -0.3 is 15.4 Å². The smallest absolute Gasteiger partial charge is 0.220 e. The first-order chi connectivity index (χ1) is 9.74. The van der Waals surface area contributed by atoms with Crippen molar-refractivity contribution in [1.82, 2.24) is 10.6 Å². The van der Waals surface area contributed by atoms with E-state index in [2.05, 4.69) is 16.9 Å². The average Bonchev–Trinajstić information content (AvgIpc) is 2.53. The number of thioether (sulfide) groups is 1. The first-order valence-electron chi connectivity index (χ1n) is 7.84. The molecule has 2 rings (SSSR count). The summed E-state index contributed by atoms with van der Waals surface area (Å²) >= 11 is 1.88. The number of nitrogens with one attached hydrogen (secondary N) is 2. The van der Waals surface area contributed by atoms with Crippen molar-refractivity contribution >= 4 is 17.7 Å². The molecule has 0 aromatic heterocycles. The third kappa shape index (κ3) is 4.93. The molecule has 1 amide bonds. The van der Waals surface area contributed by atoms with Crippen LogP contribution in [0.4, 0.5) is 0 Å². The standard InChI is InChI=1S/C15H28N2O2S/c1-20-15(6-10-19-11-7-15)12-17-14(18)3-2-13-4-8-16-9-5-13/h13,16H,2-12H2,1H3,(H,17,18). The lowest BCUT2D eigenvalue weighted by Gasteiger charge is -2.35. The fraction of sp³-hybridized carbons (Fsp3) is 0.933. The van der Waals surface area contributed by atoms with Crippen LogP contribution in [-0.2, 0) is 9.53 Å². The van der Waals surface area contributed by atoms with E-state index in [4.69, 9.17) is 4.74 Å². The Hall–Kier alpha value is -0.260. The molecule has 0 radical (unpaired) electrons. The summed E-state index contributed by atoms with van der Waals surface area (Å²) in [5, 5.41) is 6.52. The molecule has 116 valence electrons. The van der Waals surface area contributed by atoms with E-state index < -0.39 is 0 Å². The van der Waals surface area contributed by atoms with Gasteiger partial charge >= 0.3 is 0 Å². The van der Waals surface area contributed by atoms with Crippen LogP contribution in [0.3, 0.4) is 0 Å². The van der Waals surface area contributed by atoms with E-state index in [9.17, 15) is 4.79 Å².